The summed E-state index contributed by atoms with van der Waals surface area (Å²) >= 11 is 0. The van der Waals surface area contributed by atoms with Gasteiger partial charge in [0.2, 0.25) is 0 Å². The third-order valence-electron chi connectivity index (χ3n) is 5.00. The Balaban J connectivity index is 1.83. The van der Waals surface area contributed by atoms with Crippen LogP contribution in [0.4, 0.5) is 4.39 Å². The van der Waals surface area contributed by atoms with Crippen LogP contribution < -0.4 is 4.74 Å². The van der Waals surface area contributed by atoms with E-state index in [0.29, 0.717) is 17.9 Å². The van der Waals surface area contributed by atoms with E-state index in [-0.39, 0.29) is 17.2 Å². The second-order valence-corrected chi connectivity index (χ2v) is 6.59. The molecule has 3 rings (SSSR count). The monoisotopic (exact) mass is 326 g/mol. The van der Waals surface area contributed by atoms with E-state index >= 15 is 0 Å². The van der Waals surface area contributed by atoms with Crippen LogP contribution in [-0.4, -0.2) is 5.78 Å². The summed E-state index contributed by atoms with van der Waals surface area (Å²) in [6.07, 6.45) is 3.49. The standard InChI is InChI=1S/C21H23FO2/c1-3-15-13-21(14-15,17-7-9-18(22)10-8-17)24-19-11-5-16(6-12-19)20(23)4-2/h5-12,15H,3-4,13-14H2,1-2H3. The van der Waals surface area contributed by atoms with Crippen molar-refractivity contribution in [2.45, 2.75) is 45.1 Å². The predicted octanol–water partition coefficient (Wildman–Crippen LogP) is 5.51. The maximum absolute atomic E-state index is 13.2. The minimum Gasteiger partial charge on any atom is -0.483 e. The number of Topliss-reactive ketones (excluding diaryl/α,β-unsaturated/α-hetero) is 1. The lowest BCUT2D eigenvalue weighted by Crippen LogP contribution is -2.46. The summed E-state index contributed by atoms with van der Waals surface area (Å²) in [5.41, 5.74) is 1.34. The number of hydrogen-bond acceptors (Lipinski definition) is 2. The maximum Gasteiger partial charge on any atom is 0.162 e. The molecule has 0 saturated heterocycles. The first-order valence-electron chi connectivity index (χ1n) is 8.64. The summed E-state index contributed by atoms with van der Waals surface area (Å²) in [6, 6.07) is 13.9. The van der Waals surface area contributed by atoms with Gasteiger partial charge >= 0.3 is 0 Å². The number of hydrogen-bond donors (Lipinski definition) is 0. The molecule has 1 aliphatic carbocycles. The normalized spacial score (nSPS) is 22.7. The molecule has 2 aromatic rings. The average molecular weight is 326 g/mol. The Morgan fingerprint density at radius 3 is 2.25 bits per heavy atom. The van der Waals surface area contributed by atoms with Gasteiger partial charge in [-0.3, -0.25) is 4.79 Å². The highest BCUT2D eigenvalue weighted by molar-refractivity contribution is 5.95. The number of carbonyl (C=O) groups is 1. The number of benzene rings is 2. The van der Waals surface area contributed by atoms with Gasteiger partial charge in [-0.25, -0.2) is 4.39 Å². The molecule has 0 radical (unpaired) electrons. The van der Waals surface area contributed by atoms with Crippen molar-refractivity contribution in [3.63, 3.8) is 0 Å². The van der Waals surface area contributed by atoms with Gasteiger partial charge in [0.25, 0.3) is 0 Å². The van der Waals surface area contributed by atoms with Gasteiger partial charge in [-0.1, -0.05) is 32.4 Å². The van der Waals surface area contributed by atoms with Crippen LogP contribution in [0.25, 0.3) is 0 Å². The fourth-order valence-electron chi connectivity index (χ4n) is 3.43. The summed E-state index contributed by atoms with van der Waals surface area (Å²) in [6.45, 7) is 4.04. The zero-order chi connectivity index (χ0) is 17.2. The smallest absolute Gasteiger partial charge is 0.162 e. The van der Waals surface area contributed by atoms with Gasteiger partial charge in [0, 0.05) is 12.0 Å². The van der Waals surface area contributed by atoms with Crippen molar-refractivity contribution >= 4 is 5.78 Å². The lowest BCUT2D eigenvalue weighted by molar-refractivity contribution is -0.0569. The van der Waals surface area contributed by atoms with Crippen molar-refractivity contribution in [2.75, 3.05) is 0 Å². The van der Waals surface area contributed by atoms with E-state index in [1.807, 2.05) is 43.3 Å². The summed E-state index contributed by atoms with van der Waals surface area (Å²) in [7, 11) is 0. The molecule has 24 heavy (non-hydrogen) atoms. The fourth-order valence-corrected chi connectivity index (χ4v) is 3.43. The van der Waals surface area contributed by atoms with Crippen molar-refractivity contribution in [2.24, 2.45) is 5.92 Å². The number of carbonyl (C=O) groups excluding carboxylic acids is 1. The summed E-state index contributed by atoms with van der Waals surface area (Å²) in [5.74, 6) is 1.28. The minimum atomic E-state index is -0.384. The van der Waals surface area contributed by atoms with E-state index in [1.54, 1.807) is 0 Å². The van der Waals surface area contributed by atoms with Crippen molar-refractivity contribution in [3.8, 4) is 5.75 Å². The largest absolute Gasteiger partial charge is 0.483 e. The van der Waals surface area contributed by atoms with E-state index in [9.17, 15) is 9.18 Å². The number of ether oxygens (including phenoxy) is 1. The highest BCUT2D eigenvalue weighted by atomic mass is 19.1. The highest BCUT2D eigenvalue weighted by Gasteiger charge is 2.47. The Kier molecular flexibility index (Phi) is 4.70. The zero-order valence-corrected chi connectivity index (χ0v) is 14.2. The number of halogens is 1. The summed E-state index contributed by atoms with van der Waals surface area (Å²) in [5, 5.41) is 0. The van der Waals surface area contributed by atoms with Gasteiger partial charge in [0.1, 0.15) is 17.2 Å². The lowest BCUT2D eigenvalue weighted by Gasteiger charge is -2.47. The van der Waals surface area contributed by atoms with Crippen LogP contribution in [0.2, 0.25) is 0 Å². The number of ketones is 1. The molecule has 0 aromatic heterocycles. The molecular weight excluding hydrogens is 303 g/mol. The summed E-state index contributed by atoms with van der Waals surface area (Å²) in [4.78, 5) is 11.7. The Hall–Kier alpha value is -2.16. The van der Waals surface area contributed by atoms with Gasteiger partial charge in [-0.2, -0.15) is 0 Å². The fraction of sp³-hybridized carbons (Fsp3) is 0.381. The van der Waals surface area contributed by atoms with E-state index in [2.05, 4.69) is 6.92 Å². The van der Waals surface area contributed by atoms with Crippen LogP contribution in [0, 0.1) is 11.7 Å². The molecule has 1 aliphatic rings. The molecule has 1 fully saturated rings. The van der Waals surface area contributed by atoms with Crippen LogP contribution in [0.15, 0.2) is 48.5 Å². The first-order chi connectivity index (χ1) is 11.6. The molecule has 0 atom stereocenters. The Morgan fingerprint density at radius 1 is 1.08 bits per heavy atom. The third-order valence-corrected chi connectivity index (χ3v) is 5.00. The predicted molar refractivity (Wildman–Crippen MR) is 92.8 cm³/mol. The second-order valence-electron chi connectivity index (χ2n) is 6.59. The average Bonchev–Trinajstić information content (AvgIpc) is 2.58. The molecule has 0 amide bonds. The summed E-state index contributed by atoms with van der Waals surface area (Å²) < 4.78 is 19.6. The molecule has 0 N–H and O–H groups in total. The van der Waals surface area contributed by atoms with Crippen LogP contribution in [0.1, 0.15) is 55.5 Å². The minimum absolute atomic E-state index is 0.129. The first kappa shape index (κ1) is 16.7. The topological polar surface area (TPSA) is 26.3 Å². The molecule has 2 aromatic carbocycles. The van der Waals surface area contributed by atoms with Gasteiger partial charge in [0.15, 0.2) is 5.78 Å². The Bertz CT molecular complexity index is 698. The van der Waals surface area contributed by atoms with Crippen LogP contribution in [0.5, 0.6) is 5.75 Å². The lowest BCUT2D eigenvalue weighted by atomic mass is 9.66. The van der Waals surface area contributed by atoms with Crippen LogP contribution >= 0.6 is 0 Å². The molecular formula is C21H23FO2. The molecule has 3 heteroatoms. The van der Waals surface area contributed by atoms with E-state index in [0.717, 1.165) is 30.6 Å². The molecule has 126 valence electrons. The highest BCUT2D eigenvalue weighted by Crippen LogP contribution is 2.50. The van der Waals surface area contributed by atoms with Crippen LogP contribution in [-0.2, 0) is 5.60 Å². The molecule has 0 unspecified atom stereocenters. The van der Waals surface area contributed by atoms with Gasteiger partial charge in [0.05, 0.1) is 0 Å². The third kappa shape index (κ3) is 3.21. The Labute approximate surface area is 142 Å². The van der Waals surface area contributed by atoms with Crippen molar-refractivity contribution in [1.29, 1.82) is 0 Å². The quantitative estimate of drug-likeness (QED) is 0.654. The van der Waals surface area contributed by atoms with Crippen molar-refractivity contribution in [1.82, 2.24) is 0 Å². The van der Waals surface area contributed by atoms with Gasteiger partial charge < -0.3 is 4.74 Å². The first-order valence-corrected chi connectivity index (χ1v) is 8.64. The van der Waals surface area contributed by atoms with E-state index in [4.69, 9.17) is 4.74 Å². The molecule has 0 bridgehead atoms. The SMILES string of the molecule is CCC(=O)c1ccc(OC2(c3ccc(F)cc3)CC(CC)C2)cc1. The molecule has 0 aliphatic heterocycles. The second kappa shape index (κ2) is 6.76. The van der Waals surface area contributed by atoms with Crippen molar-refractivity contribution < 1.29 is 13.9 Å². The van der Waals surface area contributed by atoms with Crippen molar-refractivity contribution in [3.05, 3.63) is 65.5 Å². The van der Waals surface area contributed by atoms with Gasteiger partial charge in [-0.05, 0) is 60.7 Å². The Morgan fingerprint density at radius 2 is 1.71 bits per heavy atom. The van der Waals surface area contributed by atoms with E-state index in [1.165, 1.54) is 12.1 Å². The number of rotatable bonds is 6. The van der Waals surface area contributed by atoms with Gasteiger partial charge in [-0.15, -0.1) is 0 Å². The molecule has 0 spiro atoms. The molecule has 2 nitrogen and oxygen atoms in total. The zero-order valence-electron chi connectivity index (χ0n) is 14.2. The van der Waals surface area contributed by atoms with E-state index < -0.39 is 0 Å². The maximum atomic E-state index is 13.2. The molecule has 0 heterocycles. The molecule has 1 saturated carbocycles. The van der Waals surface area contributed by atoms with Crippen LogP contribution in [0.3, 0.4) is 0 Å².